The number of carbonyl (C=O) groups excluding carboxylic acids is 2. The minimum atomic E-state index is -0.484. The van der Waals surface area contributed by atoms with E-state index in [0.29, 0.717) is 5.41 Å². The number of Topliss-reactive ketones (excluding diaryl/α,β-unsaturated/α-hetero) is 2. The summed E-state index contributed by atoms with van der Waals surface area (Å²) in [5.74, 6) is 0.0599. The summed E-state index contributed by atoms with van der Waals surface area (Å²) in [5.41, 5.74) is 1.53. The van der Waals surface area contributed by atoms with Crippen LogP contribution in [0, 0.1) is 5.41 Å². The van der Waals surface area contributed by atoms with E-state index < -0.39 is 5.41 Å². The Hall–Kier alpha value is -1.44. The summed E-state index contributed by atoms with van der Waals surface area (Å²) in [6.07, 6.45) is 4.22. The maximum absolute atomic E-state index is 12.5. The Morgan fingerprint density at radius 3 is 2.43 bits per heavy atom. The molecule has 114 valence electrons. The van der Waals surface area contributed by atoms with E-state index in [9.17, 15) is 9.59 Å². The zero-order valence-corrected chi connectivity index (χ0v) is 13.7. The van der Waals surface area contributed by atoms with Crippen LogP contribution in [0.2, 0.25) is 0 Å². The van der Waals surface area contributed by atoms with E-state index >= 15 is 0 Å². The summed E-state index contributed by atoms with van der Waals surface area (Å²) < 4.78 is 0. The molecule has 2 heteroatoms. The molecule has 1 unspecified atom stereocenters. The first-order chi connectivity index (χ1) is 9.74. The predicted octanol–water partition coefficient (Wildman–Crippen LogP) is 4.71. The van der Waals surface area contributed by atoms with Gasteiger partial charge in [0.05, 0.1) is 11.8 Å². The average molecular weight is 286 g/mol. The number of rotatable bonds is 4. The summed E-state index contributed by atoms with van der Waals surface area (Å²) in [7, 11) is 0. The van der Waals surface area contributed by atoms with Crippen molar-refractivity contribution in [2.24, 2.45) is 5.41 Å². The van der Waals surface area contributed by atoms with E-state index in [1.54, 1.807) is 0 Å². The minimum Gasteiger partial charge on any atom is -0.298 e. The van der Waals surface area contributed by atoms with Crippen molar-refractivity contribution in [3.63, 3.8) is 0 Å². The van der Waals surface area contributed by atoms with Crippen LogP contribution in [0.4, 0.5) is 0 Å². The van der Waals surface area contributed by atoms with Crippen molar-refractivity contribution in [1.29, 1.82) is 0 Å². The van der Waals surface area contributed by atoms with E-state index in [4.69, 9.17) is 0 Å². The molecule has 1 atom stereocenters. The first-order valence-electron chi connectivity index (χ1n) is 7.90. The Kier molecular flexibility index (Phi) is 4.36. The molecule has 0 saturated carbocycles. The van der Waals surface area contributed by atoms with Crippen molar-refractivity contribution in [3.05, 3.63) is 35.4 Å². The van der Waals surface area contributed by atoms with Crippen molar-refractivity contribution in [2.75, 3.05) is 0 Å². The highest BCUT2D eigenvalue weighted by molar-refractivity contribution is 6.15. The minimum absolute atomic E-state index is 0.0252. The highest BCUT2D eigenvalue weighted by Gasteiger charge is 2.41. The van der Waals surface area contributed by atoms with Gasteiger partial charge in [-0.25, -0.2) is 0 Å². The maximum atomic E-state index is 12.5. The molecule has 0 saturated heterocycles. The Morgan fingerprint density at radius 1 is 1.10 bits per heavy atom. The van der Waals surface area contributed by atoms with Crippen LogP contribution in [-0.2, 0) is 10.2 Å². The van der Waals surface area contributed by atoms with Gasteiger partial charge in [-0.05, 0) is 30.7 Å². The molecule has 0 aromatic heterocycles. The molecule has 1 aliphatic carbocycles. The average Bonchev–Trinajstić information content (AvgIpc) is 2.41. The molecule has 0 bridgehead atoms. The molecule has 1 aliphatic rings. The van der Waals surface area contributed by atoms with Gasteiger partial charge < -0.3 is 0 Å². The lowest BCUT2D eigenvalue weighted by Gasteiger charge is -2.34. The number of hydrogen-bond acceptors (Lipinski definition) is 2. The second-order valence-electron chi connectivity index (χ2n) is 7.67. The Bertz CT molecular complexity index is 551. The van der Waals surface area contributed by atoms with Crippen LogP contribution in [0.1, 0.15) is 75.7 Å². The number of benzene rings is 1. The zero-order valence-electron chi connectivity index (χ0n) is 13.7. The van der Waals surface area contributed by atoms with E-state index in [1.165, 1.54) is 0 Å². The van der Waals surface area contributed by atoms with Gasteiger partial charge >= 0.3 is 0 Å². The number of carbonyl (C=O) groups is 2. The molecule has 1 aromatic rings. The van der Waals surface area contributed by atoms with Crippen LogP contribution in [0.3, 0.4) is 0 Å². The van der Waals surface area contributed by atoms with Gasteiger partial charge in [-0.2, -0.15) is 0 Å². The second kappa shape index (κ2) is 5.75. The number of ketones is 2. The van der Waals surface area contributed by atoms with E-state index in [1.807, 2.05) is 31.2 Å². The molecule has 21 heavy (non-hydrogen) atoms. The topological polar surface area (TPSA) is 34.1 Å². The SMILES string of the molecule is CC(C)(C)CCCCC1(C)C(=O)CC(=O)c2ccccc21. The standard InChI is InChI=1S/C19H26O2/c1-18(2,3)11-7-8-12-19(4)15-10-6-5-9-14(15)16(20)13-17(19)21/h5-6,9-10H,7-8,11-13H2,1-4H3. The molecule has 0 heterocycles. The van der Waals surface area contributed by atoms with Crippen LogP contribution in [0.5, 0.6) is 0 Å². The Morgan fingerprint density at radius 2 is 1.76 bits per heavy atom. The van der Waals surface area contributed by atoms with Crippen LogP contribution in [-0.4, -0.2) is 11.6 Å². The van der Waals surface area contributed by atoms with Gasteiger partial charge in [0.1, 0.15) is 0 Å². The first kappa shape index (κ1) is 15.9. The molecule has 0 spiro atoms. The summed E-state index contributed by atoms with van der Waals surface area (Å²) in [4.78, 5) is 24.5. The summed E-state index contributed by atoms with van der Waals surface area (Å²) in [5, 5.41) is 0. The van der Waals surface area contributed by atoms with E-state index in [0.717, 1.165) is 36.8 Å². The number of hydrogen-bond donors (Lipinski definition) is 0. The molecule has 0 N–H and O–H groups in total. The number of unbranched alkanes of at least 4 members (excludes halogenated alkanes) is 1. The van der Waals surface area contributed by atoms with E-state index in [2.05, 4.69) is 20.8 Å². The van der Waals surface area contributed by atoms with Crippen molar-refractivity contribution < 1.29 is 9.59 Å². The van der Waals surface area contributed by atoms with Crippen molar-refractivity contribution in [2.45, 2.75) is 65.2 Å². The Labute approximate surface area is 127 Å². The lowest BCUT2D eigenvalue weighted by atomic mass is 9.67. The summed E-state index contributed by atoms with van der Waals surface area (Å²) >= 11 is 0. The molecule has 2 nitrogen and oxygen atoms in total. The fraction of sp³-hybridized carbons (Fsp3) is 0.579. The third-order valence-electron chi connectivity index (χ3n) is 4.61. The van der Waals surface area contributed by atoms with E-state index in [-0.39, 0.29) is 18.0 Å². The lowest BCUT2D eigenvalue weighted by Crippen LogP contribution is -2.39. The molecule has 2 rings (SSSR count). The second-order valence-corrected chi connectivity index (χ2v) is 7.67. The summed E-state index contributed by atoms with van der Waals surface area (Å²) in [6, 6.07) is 7.62. The third kappa shape index (κ3) is 3.42. The molecular formula is C19H26O2. The van der Waals surface area contributed by atoms with Crippen LogP contribution in [0.25, 0.3) is 0 Å². The highest BCUT2D eigenvalue weighted by atomic mass is 16.2. The molecule has 1 aromatic carbocycles. The van der Waals surface area contributed by atoms with Crippen molar-refractivity contribution >= 4 is 11.6 Å². The van der Waals surface area contributed by atoms with Crippen LogP contribution < -0.4 is 0 Å². The van der Waals surface area contributed by atoms with Gasteiger partial charge in [0, 0.05) is 5.56 Å². The largest absolute Gasteiger partial charge is 0.298 e. The maximum Gasteiger partial charge on any atom is 0.170 e. The molecular weight excluding hydrogens is 260 g/mol. The van der Waals surface area contributed by atoms with Gasteiger partial charge in [0.15, 0.2) is 11.6 Å². The smallest absolute Gasteiger partial charge is 0.170 e. The fourth-order valence-corrected chi connectivity index (χ4v) is 3.20. The van der Waals surface area contributed by atoms with Crippen molar-refractivity contribution in [1.82, 2.24) is 0 Å². The van der Waals surface area contributed by atoms with Crippen molar-refractivity contribution in [3.8, 4) is 0 Å². The lowest BCUT2D eigenvalue weighted by molar-refractivity contribution is -0.123. The normalized spacial score (nSPS) is 22.3. The Balaban J connectivity index is 2.15. The van der Waals surface area contributed by atoms with Gasteiger partial charge in [0.25, 0.3) is 0 Å². The predicted molar refractivity (Wildman–Crippen MR) is 85.7 cm³/mol. The summed E-state index contributed by atoms with van der Waals surface area (Å²) in [6.45, 7) is 8.75. The monoisotopic (exact) mass is 286 g/mol. The molecule has 0 radical (unpaired) electrons. The van der Waals surface area contributed by atoms with Gasteiger partial charge in [0.2, 0.25) is 0 Å². The van der Waals surface area contributed by atoms with Crippen LogP contribution >= 0.6 is 0 Å². The zero-order chi connectivity index (χ0) is 15.7. The van der Waals surface area contributed by atoms with Gasteiger partial charge in [-0.1, -0.05) is 57.9 Å². The fourth-order valence-electron chi connectivity index (χ4n) is 3.20. The third-order valence-corrected chi connectivity index (χ3v) is 4.61. The highest BCUT2D eigenvalue weighted by Crippen LogP contribution is 2.39. The first-order valence-corrected chi connectivity index (χ1v) is 7.90. The number of fused-ring (bicyclic) bond motifs is 1. The van der Waals surface area contributed by atoms with Gasteiger partial charge in [-0.15, -0.1) is 0 Å². The molecule has 0 fully saturated rings. The molecule has 0 aliphatic heterocycles. The molecule has 0 amide bonds. The van der Waals surface area contributed by atoms with Gasteiger partial charge in [-0.3, -0.25) is 9.59 Å². The quantitative estimate of drug-likeness (QED) is 0.593. The van der Waals surface area contributed by atoms with Crippen LogP contribution in [0.15, 0.2) is 24.3 Å².